The van der Waals surface area contributed by atoms with Crippen LogP contribution in [0.2, 0.25) is 0 Å². The van der Waals surface area contributed by atoms with Crippen molar-refractivity contribution in [3.63, 3.8) is 0 Å². The summed E-state index contributed by atoms with van der Waals surface area (Å²) in [7, 11) is 0. The molecule has 3 aromatic rings. The standard InChI is InChI=1S/C19H15FN2O4/c20-15-8-6-13(7-9-15)16(23)10-11-18(24)25-12-17-21-19(22-26-17)14-4-2-1-3-5-14/h1-9H,10-12H2. The molecule has 26 heavy (non-hydrogen) atoms. The summed E-state index contributed by atoms with van der Waals surface area (Å²) < 4.78 is 22.9. The number of rotatable bonds is 7. The van der Waals surface area contributed by atoms with Gasteiger partial charge in [0.15, 0.2) is 12.4 Å². The minimum absolute atomic E-state index is 0.0242. The van der Waals surface area contributed by atoms with Crippen molar-refractivity contribution in [3.8, 4) is 11.4 Å². The Morgan fingerprint density at radius 2 is 1.73 bits per heavy atom. The van der Waals surface area contributed by atoms with Gasteiger partial charge in [0, 0.05) is 17.5 Å². The summed E-state index contributed by atoms with van der Waals surface area (Å²) in [5.74, 6) is -0.661. The van der Waals surface area contributed by atoms with E-state index in [1.165, 1.54) is 24.3 Å². The summed E-state index contributed by atoms with van der Waals surface area (Å²) in [4.78, 5) is 27.8. The van der Waals surface area contributed by atoms with Gasteiger partial charge in [-0.1, -0.05) is 35.5 Å². The topological polar surface area (TPSA) is 82.3 Å². The molecule has 0 fully saturated rings. The first-order valence-corrected chi connectivity index (χ1v) is 7.94. The maximum Gasteiger partial charge on any atom is 0.306 e. The van der Waals surface area contributed by atoms with Crippen molar-refractivity contribution in [1.82, 2.24) is 10.1 Å². The van der Waals surface area contributed by atoms with E-state index < -0.39 is 11.8 Å². The van der Waals surface area contributed by atoms with Gasteiger partial charge in [-0.2, -0.15) is 4.98 Å². The van der Waals surface area contributed by atoms with Gasteiger partial charge in [-0.25, -0.2) is 4.39 Å². The molecule has 6 nitrogen and oxygen atoms in total. The Kier molecular flexibility index (Phi) is 5.48. The Morgan fingerprint density at radius 1 is 1.00 bits per heavy atom. The van der Waals surface area contributed by atoms with Crippen LogP contribution in [0.25, 0.3) is 11.4 Å². The maximum atomic E-state index is 12.8. The normalized spacial score (nSPS) is 10.5. The van der Waals surface area contributed by atoms with Crippen LogP contribution in [0.3, 0.4) is 0 Å². The molecular weight excluding hydrogens is 339 g/mol. The highest BCUT2D eigenvalue weighted by Crippen LogP contribution is 2.15. The van der Waals surface area contributed by atoms with E-state index in [1.54, 1.807) is 0 Å². The van der Waals surface area contributed by atoms with E-state index in [0.717, 1.165) is 5.56 Å². The Balaban J connectivity index is 1.46. The van der Waals surface area contributed by atoms with Crippen LogP contribution in [-0.4, -0.2) is 21.9 Å². The van der Waals surface area contributed by atoms with Crippen molar-refractivity contribution in [3.05, 3.63) is 71.9 Å². The van der Waals surface area contributed by atoms with Gasteiger partial charge in [-0.15, -0.1) is 0 Å². The number of hydrogen-bond donors (Lipinski definition) is 0. The van der Waals surface area contributed by atoms with Crippen molar-refractivity contribution in [1.29, 1.82) is 0 Å². The lowest BCUT2D eigenvalue weighted by molar-refractivity contribution is -0.145. The Bertz CT molecular complexity index is 891. The van der Waals surface area contributed by atoms with E-state index in [0.29, 0.717) is 11.4 Å². The first-order valence-electron chi connectivity index (χ1n) is 7.94. The zero-order valence-corrected chi connectivity index (χ0v) is 13.7. The van der Waals surface area contributed by atoms with Crippen molar-refractivity contribution >= 4 is 11.8 Å². The summed E-state index contributed by atoms with van der Waals surface area (Å²) in [6, 6.07) is 14.4. The van der Waals surface area contributed by atoms with E-state index in [9.17, 15) is 14.0 Å². The van der Waals surface area contributed by atoms with Gasteiger partial charge in [0.1, 0.15) is 5.82 Å². The molecule has 0 aliphatic carbocycles. The van der Waals surface area contributed by atoms with Gasteiger partial charge in [0.25, 0.3) is 5.89 Å². The zero-order chi connectivity index (χ0) is 18.4. The summed E-state index contributed by atoms with van der Waals surface area (Å²) in [6.45, 7) is -0.163. The molecule has 7 heteroatoms. The number of carbonyl (C=O) groups excluding carboxylic acids is 2. The number of aromatic nitrogens is 2. The molecule has 0 atom stereocenters. The van der Waals surface area contributed by atoms with Gasteiger partial charge in [0.05, 0.1) is 6.42 Å². The number of ketones is 1. The number of ether oxygens (including phenoxy) is 1. The second-order valence-corrected chi connectivity index (χ2v) is 5.47. The van der Waals surface area contributed by atoms with E-state index in [1.807, 2.05) is 30.3 Å². The predicted octanol–water partition coefficient (Wildman–Crippen LogP) is 3.58. The lowest BCUT2D eigenvalue weighted by Gasteiger charge is -2.02. The highest BCUT2D eigenvalue weighted by atomic mass is 19.1. The molecule has 0 N–H and O–H groups in total. The number of hydrogen-bond acceptors (Lipinski definition) is 6. The lowest BCUT2D eigenvalue weighted by Crippen LogP contribution is -2.08. The fourth-order valence-electron chi connectivity index (χ4n) is 2.23. The molecule has 1 heterocycles. The summed E-state index contributed by atoms with van der Waals surface area (Å²) >= 11 is 0. The molecule has 0 radical (unpaired) electrons. The van der Waals surface area contributed by atoms with E-state index in [2.05, 4.69) is 10.1 Å². The second kappa shape index (κ2) is 8.15. The quantitative estimate of drug-likeness (QED) is 0.476. The Morgan fingerprint density at radius 3 is 2.46 bits per heavy atom. The molecule has 0 amide bonds. The Labute approximate surface area is 148 Å². The van der Waals surface area contributed by atoms with E-state index in [4.69, 9.17) is 9.26 Å². The number of nitrogens with zero attached hydrogens (tertiary/aromatic N) is 2. The molecule has 0 aliphatic rings. The monoisotopic (exact) mass is 354 g/mol. The molecule has 0 saturated heterocycles. The van der Waals surface area contributed by atoms with Crippen LogP contribution in [0.4, 0.5) is 4.39 Å². The molecule has 1 aromatic heterocycles. The summed E-state index contributed by atoms with van der Waals surface area (Å²) in [6.07, 6.45) is -0.112. The average molecular weight is 354 g/mol. The van der Waals surface area contributed by atoms with Crippen molar-refractivity contribution in [2.24, 2.45) is 0 Å². The maximum absolute atomic E-state index is 12.8. The van der Waals surface area contributed by atoms with Gasteiger partial charge < -0.3 is 9.26 Å². The molecule has 132 valence electrons. The Hall–Kier alpha value is -3.35. The smallest absolute Gasteiger partial charge is 0.306 e. The molecule has 0 saturated carbocycles. The van der Waals surface area contributed by atoms with Crippen molar-refractivity contribution in [2.45, 2.75) is 19.4 Å². The molecule has 0 unspecified atom stereocenters. The minimum atomic E-state index is -0.556. The third-order valence-electron chi connectivity index (χ3n) is 3.58. The molecule has 2 aromatic carbocycles. The number of carbonyl (C=O) groups is 2. The molecular formula is C19H15FN2O4. The lowest BCUT2D eigenvalue weighted by atomic mass is 10.1. The SMILES string of the molecule is O=C(CCC(=O)c1ccc(F)cc1)OCc1nc(-c2ccccc2)no1. The minimum Gasteiger partial charge on any atom is -0.456 e. The molecule has 0 spiro atoms. The number of benzene rings is 2. The second-order valence-electron chi connectivity index (χ2n) is 5.47. The van der Waals surface area contributed by atoms with Gasteiger partial charge in [0.2, 0.25) is 5.82 Å². The fraction of sp³-hybridized carbons (Fsp3) is 0.158. The fourth-order valence-corrected chi connectivity index (χ4v) is 2.23. The third kappa shape index (κ3) is 4.60. The molecule has 3 rings (SSSR count). The molecule has 0 aliphatic heterocycles. The first-order chi connectivity index (χ1) is 12.6. The molecule has 0 bridgehead atoms. The van der Waals surface area contributed by atoms with E-state index >= 15 is 0 Å². The summed E-state index contributed by atoms with van der Waals surface area (Å²) in [5.41, 5.74) is 1.14. The zero-order valence-electron chi connectivity index (χ0n) is 13.7. The van der Waals surface area contributed by atoms with Crippen LogP contribution in [0.15, 0.2) is 59.1 Å². The van der Waals surface area contributed by atoms with Crippen LogP contribution < -0.4 is 0 Å². The van der Waals surface area contributed by atoms with Crippen LogP contribution in [0.1, 0.15) is 29.1 Å². The van der Waals surface area contributed by atoms with Gasteiger partial charge in [-0.05, 0) is 24.3 Å². The number of esters is 1. The first kappa shape index (κ1) is 17.5. The highest BCUT2D eigenvalue weighted by Gasteiger charge is 2.13. The van der Waals surface area contributed by atoms with Crippen molar-refractivity contribution in [2.75, 3.05) is 0 Å². The third-order valence-corrected chi connectivity index (χ3v) is 3.58. The average Bonchev–Trinajstić information content (AvgIpc) is 3.15. The predicted molar refractivity (Wildman–Crippen MR) is 89.5 cm³/mol. The van der Waals surface area contributed by atoms with Crippen LogP contribution >= 0.6 is 0 Å². The van der Waals surface area contributed by atoms with Crippen LogP contribution in [0.5, 0.6) is 0 Å². The van der Waals surface area contributed by atoms with Crippen LogP contribution in [0, 0.1) is 5.82 Å². The van der Waals surface area contributed by atoms with Crippen LogP contribution in [-0.2, 0) is 16.1 Å². The highest BCUT2D eigenvalue weighted by molar-refractivity contribution is 5.97. The van der Waals surface area contributed by atoms with Gasteiger partial charge >= 0.3 is 5.97 Å². The van der Waals surface area contributed by atoms with E-state index in [-0.39, 0.29) is 31.1 Å². The number of Topliss-reactive ketones (excluding diaryl/α,β-unsaturated/α-hetero) is 1. The van der Waals surface area contributed by atoms with Gasteiger partial charge in [-0.3, -0.25) is 9.59 Å². The number of halogens is 1. The largest absolute Gasteiger partial charge is 0.456 e. The summed E-state index contributed by atoms with van der Waals surface area (Å²) in [5, 5.41) is 3.82. The van der Waals surface area contributed by atoms with Crippen molar-refractivity contribution < 1.29 is 23.2 Å².